The van der Waals surface area contributed by atoms with E-state index in [1.807, 2.05) is 24.3 Å². The van der Waals surface area contributed by atoms with E-state index in [-0.39, 0.29) is 6.61 Å². The van der Waals surface area contributed by atoms with Gasteiger partial charge in [0.15, 0.2) is 0 Å². The molecule has 3 nitrogen and oxygen atoms in total. The molecule has 0 aliphatic rings. The lowest BCUT2D eigenvalue weighted by atomic mass is 10.1. The van der Waals surface area contributed by atoms with Gasteiger partial charge in [0, 0.05) is 16.6 Å². The highest BCUT2D eigenvalue weighted by molar-refractivity contribution is 6.30. The molecular weight excluding hydrogens is 321 g/mol. The zero-order chi connectivity index (χ0) is 15.8. The first-order chi connectivity index (χ1) is 10.6. The molecule has 0 saturated heterocycles. The van der Waals surface area contributed by atoms with Gasteiger partial charge in [-0.15, -0.1) is 0 Å². The van der Waals surface area contributed by atoms with Crippen LogP contribution in [-0.2, 0) is 6.42 Å². The number of aliphatic hydroxyl groups is 1. The van der Waals surface area contributed by atoms with Crippen molar-refractivity contribution in [2.75, 3.05) is 19.7 Å². The SMILES string of the molecule is OC(CNCCc1cccc(Cl)c1)COc1ccc(Cl)cc1. The van der Waals surface area contributed by atoms with Crippen LogP contribution in [-0.4, -0.2) is 30.9 Å². The molecule has 0 radical (unpaired) electrons. The van der Waals surface area contributed by atoms with E-state index in [2.05, 4.69) is 5.32 Å². The predicted molar refractivity (Wildman–Crippen MR) is 91.0 cm³/mol. The van der Waals surface area contributed by atoms with Gasteiger partial charge in [-0.2, -0.15) is 0 Å². The average molecular weight is 340 g/mol. The Bertz CT molecular complexity index is 575. The van der Waals surface area contributed by atoms with E-state index in [0.717, 1.165) is 18.0 Å². The van der Waals surface area contributed by atoms with Gasteiger partial charge in [0.05, 0.1) is 0 Å². The number of nitrogens with one attached hydrogen (secondary N) is 1. The van der Waals surface area contributed by atoms with Gasteiger partial charge in [0.1, 0.15) is 18.5 Å². The first-order valence-electron chi connectivity index (χ1n) is 7.15. The maximum atomic E-state index is 9.87. The molecule has 22 heavy (non-hydrogen) atoms. The number of hydrogen-bond acceptors (Lipinski definition) is 3. The monoisotopic (exact) mass is 339 g/mol. The molecule has 2 N–H and O–H groups in total. The van der Waals surface area contributed by atoms with Crippen LogP contribution in [0, 0.1) is 0 Å². The van der Waals surface area contributed by atoms with Crippen molar-refractivity contribution in [1.29, 1.82) is 0 Å². The lowest BCUT2D eigenvalue weighted by molar-refractivity contribution is 0.106. The highest BCUT2D eigenvalue weighted by Gasteiger charge is 2.05. The van der Waals surface area contributed by atoms with Crippen LogP contribution in [0.2, 0.25) is 10.0 Å². The smallest absolute Gasteiger partial charge is 0.119 e. The fourth-order valence-electron chi connectivity index (χ4n) is 1.98. The van der Waals surface area contributed by atoms with E-state index < -0.39 is 6.10 Å². The highest BCUT2D eigenvalue weighted by Crippen LogP contribution is 2.15. The Morgan fingerprint density at radius 1 is 1.05 bits per heavy atom. The van der Waals surface area contributed by atoms with Crippen molar-refractivity contribution in [2.24, 2.45) is 0 Å². The molecule has 0 heterocycles. The molecule has 0 saturated carbocycles. The summed E-state index contributed by atoms with van der Waals surface area (Å²) >= 11 is 11.7. The molecule has 1 atom stereocenters. The maximum Gasteiger partial charge on any atom is 0.119 e. The number of rotatable bonds is 8. The summed E-state index contributed by atoms with van der Waals surface area (Å²) in [5, 5.41) is 14.5. The second-order valence-electron chi connectivity index (χ2n) is 5.00. The summed E-state index contributed by atoms with van der Waals surface area (Å²) in [5.41, 5.74) is 1.17. The van der Waals surface area contributed by atoms with Crippen LogP contribution in [0.5, 0.6) is 5.75 Å². The van der Waals surface area contributed by atoms with Crippen LogP contribution in [0.1, 0.15) is 5.56 Å². The van der Waals surface area contributed by atoms with Crippen LogP contribution in [0.15, 0.2) is 48.5 Å². The van der Waals surface area contributed by atoms with Crippen LogP contribution < -0.4 is 10.1 Å². The molecule has 0 bridgehead atoms. The Morgan fingerprint density at radius 3 is 2.55 bits per heavy atom. The summed E-state index contributed by atoms with van der Waals surface area (Å²) in [6, 6.07) is 14.8. The van der Waals surface area contributed by atoms with E-state index in [1.165, 1.54) is 5.56 Å². The summed E-state index contributed by atoms with van der Waals surface area (Å²) in [5.74, 6) is 0.697. The molecule has 0 aromatic heterocycles. The molecule has 2 rings (SSSR count). The van der Waals surface area contributed by atoms with Gasteiger partial charge in [-0.1, -0.05) is 35.3 Å². The van der Waals surface area contributed by atoms with Gasteiger partial charge in [-0.25, -0.2) is 0 Å². The molecule has 1 unspecified atom stereocenters. The molecule has 0 spiro atoms. The molecular formula is C17H19Cl2NO2. The van der Waals surface area contributed by atoms with Crippen molar-refractivity contribution in [1.82, 2.24) is 5.32 Å². The van der Waals surface area contributed by atoms with Gasteiger partial charge in [-0.3, -0.25) is 0 Å². The topological polar surface area (TPSA) is 41.5 Å². The van der Waals surface area contributed by atoms with Gasteiger partial charge in [0.25, 0.3) is 0 Å². The lowest BCUT2D eigenvalue weighted by Gasteiger charge is -2.13. The van der Waals surface area contributed by atoms with Crippen LogP contribution in [0.3, 0.4) is 0 Å². The van der Waals surface area contributed by atoms with Crippen molar-refractivity contribution in [2.45, 2.75) is 12.5 Å². The first-order valence-corrected chi connectivity index (χ1v) is 7.90. The minimum atomic E-state index is -0.560. The summed E-state index contributed by atoms with van der Waals surface area (Å²) in [6.07, 6.45) is 0.306. The summed E-state index contributed by atoms with van der Waals surface area (Å²) in [7, 11) is 0. The average Bonchev–Trinajstić information content (AvgIpc) is 2.51. The molecule has 0 aliphatic carbocycles. The second-order valence-corrected chi connectivity index (χ2v) is 5.88. The molecule has 5 heteroatoms. The molecule has 0 amide bonds. The Labute approximate surface area is 140 Å². The third-order valence-electron chi connectivity index (χ3n) is 3.12. The van der Waals surface area contributed by atoms with E-state index in [9.17, 15) is 5.11 Å². The van der Waals surface area contributed by atoms with Crippen molar-refractivity contribution in [3.63, 3.8) is 0 Å². The van der Waals surface area contributed by atoms with Crippen LogP contribution in [0.4, 0.5) is 0 Å². The third-order valence-corrected chi connectivity index (χ3v) is 3.60. The Kier molecular flexibility index (Phi) is 7.00. The minimum absolute atomic E-state index is 0.242. The minimum Gasteiger partial charge on any atom is -0.491 e. The fourth-order valence-corrected chi connectivity index (χ4v) is 2.31. The normalized spacial score (nSPS) is 12.1. The zero-order valence-electron chi connectivity index (χ0n) is 12.1. The van der Waals surface area contributed by atoms with Gasteiger partial charge < -0.3 is 15.2 Å². The Morgan fingerprint density at radius 2 is 1.82 bits per heavy atom. The summed E-state index contributed by atoms with van der Waals surface area (Å²) in [6.45, 7) is 1.50. The lowest BCUT2D eigenvalue weighted by Crippen LogP contribution is -2.32. The van der Waals surface area contributed by atoms with Gasteiger partial charge in [-0.05, 0) is 54.9 Å². The second kappa shape index (κ2) is 9.01. The largest absolute Gasteiger partial charge is 0.491 e. The van der Waals surface area contributed by atoms with Crippen LogP contribution in [0.25, 0.3) is 0 Å². The summed E-state index contributed by atoms with van der Waals surface area (Å²) in [4.78, 5) is 0. The van der Waals surface area contributed by atoms with E-state index >= 15 is 0 Å². The number of ether oxygens (including phenoxy) is 1. The van der Waals surface area contributed by atoms with Crippen LogP contribution >= 0.6 is 23.2 Å². The van der Waals surface area contributed by atoms with Gasteiger partial charge in [0.2, 0.25) is 0 Å². The first kappa shape index (κ1) is 17.1. The Balaban J connectivity index is 1.61. The molecule has 0 aliphatic heterocycles. The van der Waals surface area contributed by atoms with Crippen molar-refractivity contribution < 1.29 is 9.84 Å². The Hall–Kier alpha value is -1.26. The van der Waals surface area contributed by atoms with Crippen molar-refractivity contribution in [3.05, 3.63) is 64.1 Å². The maximum absolute atomic E-state index is 9.87. The predicted octanol–water partition coefficient (Wildman–Crippen LogP) is 3.57. The highest BCUT2D eigenvalue weighted by atomic mass is 35.5. The van der Waals surface area contributed by atoms with E-state index in [4.69, 9.17) is 27.9 Å². The van der Waals surface area contributed by atoms with Crippen molar-refractivity contribution in [3.8, 4) is 5.75 Å². The molecule has 2 aromatic rings. The van der Waals surface area contributed by atoms with E-state index in [1.54, 1.807) is 24.3 Å². The zero-order valence-corrected chi connectivity index (χ0v) is 13.6. The van der Waals surface area contributed by atoms with Crippen molar-refractivity contribution >= 4 is 23.2 Å². The third kappa shape index (κ3) is 6.24. The number of benzene rings is 2. The molecule has 0 fully saturated rings. The quantitative estimate of drug-likeness (QED) is 0.722. The number of aliphatic hydroxyl groups excluding tert-OH is 1. The standard InChI is InChI=1S/C17H19Cl2NO2/c18-14-4-6-17(7-5-14)22-12-16(21)11-20-9-8-13-2-1-3-15(19)10-13/h1-7,10,16,20-21H,8-9,11-12H2. The van der Waals surface area contributed by atoms with Gasteiger partial charge >= 0.3 is 0 Å². The fraction of sp³-hybridized carbons (Fsp3) is 0.294. The molecule has 2 aromatic carbocycles. The molecule has 118 valence electrons. The van der Waals surface area contributed by atoms with E-state index in [0.29, 0.717) is 17.3 Å². The summed E-state index contributed by atoms with van der Waals surface area (Å²) < 4.78 is 5.49. The number of halogens is 2. The number of hydrogen-bond donors (Lipinski definition) is 2.